The van der Waals surface area contributed by atoms with Crippen molar-refractivity contribution < 1.29 is 9.47 Å². The summed E-state index contributed by atoms with van der Waals surface area (Å²) in [6.07, 6.45) is 2.91. The van der Waals surface area contributed by atoms with E-state index in [4.69, 9.17) is 21.1 Å². The zero-order valence-electron chi connectivity index (χ0n) is 17.6. The molecule has 6 nitrogen and oxygen atoms in total. The third-order valence-corrected chi connectivity index (χ3v) is 6.71. The summed E-state index contributed by atoms with van der Waals surface area (Å²) < 4.78 is 14.1. The van der Waals surface area contributed by atoms with Gasteiger partial charge in [-0.25, -0.2) is 4.98 Å². The predicted molar refractivity (Wildman–Crippen MR) is 132 cm³/mol. The van der Waals surface area contributed by atoms with Crippen LogP contribution in [-0.2, 0) is 6.42 Å². The summed E-state index contributed by atoms with van der Waals surface area (Å²) >= 11 is 13.5. The first-order chi connectivity index (χ1) is 14.8. The maximum atomic E-state index is 13.1. The summed E-state index contributed by atoms with van der Waals surface area (Å²) in [5.41, 5.74) is 1.03. The molecule has 31 heavy (non-hydrogen) atoms. The van der Waals surface area contributed by atoms with E-state index in [0.717, 1.165) is 10.9 Å². The first-order valence-electron chi connectivity index (χ1n) is 9.78. The molecule has 3 rings (SSSR count). The molecule has 1 aromatic heterocycles. The van der Waals surface area contributed by atoms with Crippen molar-refractivity contribution in [2.24, 2.45) is 5.10 Å². The highest BCUT2D eigenvalue weighted by Crippen LogP contribution is 2.42. The lowest BCUT2D eigenvalue weighted by Crippen LogP contribution is -2.22. The van der Waals surface area contributed by atoms with Crippen LogP contribution in [0.2, 0.25) is 5.02 Å². The van der Waals surface area contributed by atoms with Crippen LogP contribution in [0.3, 0.4) is 0 Å². The quantitative estimate of drug-likeness (QED) is 0.317. The molecule has 0 spiro atoms. The van der Waals surface area contributed by atoms with Crippen LogP contribution in [0.15, 0.2) is 43.1 Å². The summed E-state index contributed by atoms with van der Waals surface area (Å²) in [5.74, 6) is 1.51. The summed E-state index contributed by atoms with van der Waals surface area (Å²) in [6, 6.07) is 7.17. The van der Waals surface area contributed by atoms with E-state index < -0.39 is 0 Å². The van der Waals surface area contributed by atoms with E-state index in [1.807, 2.05) is 32.9 Å². The van der Waals surface area contributed by atoms with E-state index in [2.05, 4.69) is 41.9 Å². The number of halogens is 3. The molecule has 0 fully saturated rings. The van der Waals surface area contributed by atoms with Crippen molar-refractivity contribution in [2.75, 3.05) is 7.11 Å². The van der Waals surface area contributed by atoms with Crippen LogP contribution in [0.5, 0.6) is 11.5 Å². The SMILES string of the molecule is CCc1nc2ccc(Br)cc2c(=O)n1N=Cc1cc(OC)c(O[C@H](C)CC)c(Cl)c1Br. The molecule has 0 unspecified atom stereocenters. The molecule has 0 saturated carbocycles. The van der Waals surface area contributed by atoms with Gasteiger partial charge in [0.05, 0.1) is 30.3 Å². The van der Waals surface area contributed by atoms with Gasteiger partial charge in [-0.2, -0.15) is 9.78 Å². The Morgan fingerprint density at radius 1 is 1.29 bits per heavy atom. The van der Waals surface area contributed by atoms with Crippen LogP contribution in [-0.4, -0.2) is 29.1 Å². The number of rotatable bonds is 7. The molecular weight excluding hydrogens is 550 g/mol. The second kappa shape index (κ2) is 10.1. The summed E-state index contributed by atoms with van der Waals surface area (Å²) in [4.78, 5) is 17.7. The normalized spacial score (nSPS) is 12.5. The minimum Gasteiger partial charge on any atom is -0.493 e. The molecule has 0 aliphatic rings. The maximum absolute atomic E-state index is 13.1. The topological polar surface area (TPSA) is 65.7 Å². The van der Waals surface area contributed by atoms with Gasteiger partial charge in [-0.3, -0.25) is 4.79 Å². The number of fused-ring (bicyclic) bond motifs is 1. The fraction of sp³-hybridized carbons (Fsp3) is 0.318. The van der Waals surface area contributed by atoms with Crippen LogP contribution >= 0.6 is 43.5 Å². The number of ether oxygens (including phenoxy) is 2. The third-order valence-electron chi connectivity index (χ3n) is 4.77. The van der Waals surface area contributed by atoms with E-state index in [-0.39, 0.29) is 11.7 Å². The average molecular weight is 572 g/mol. The number of nitrogens with zero attached hydrogens (tertiary/aromatic N) is 3. The highest BCUT2D eigenvalue weighted by atomic mass is 79.9. The Hall–Kier alpha value is -1.90. The van der Waals surface area contributed by atoms with Gasteiger partial charge in [0.2, 0.25) is 0 Å². The Morgan fingerprint density at radius 2 is 2.03 bits per heavy atom. The molecule has 0 amide bonds. The van der Waals surface area contributed by atoms with E-state index >= 15 is 0 Å². The van der Waals surface area contributed by atoms with E-state index in [0.29, 0.717) is 49.7 Å². The second-order valence-electron chi connectivity index (χ2n) is 6.87. The lowest BCUT2D eigenvalue weighted by atomic mass is 10.2. The molecule has 0 N–H and O–H groups in total. The fourth-order valence-electron chi connectivity index (χ4n) is 2.91. The zero-order valence-corrected chi connectivity index (χ0v) is 21.5. The molecule has 0 saturated heterocycles. The Bertz CT molecular complexity index is 1210. The minimum atomic E-state index is -0.245. The lowest BCUT2D eigenvalue weighted by molar-refractivity contribution is 0.207. The molecule has 0 bridgehead atoms. The van der Waals surface area contributed by atoms with Gasteiger partial charge in [-0.05, 0) is 53.5 Å². The van der Waals surface area contributed by atoms with Crippen molar-refractivity contribution in [3.05, 3.63) is 60.0 Å². The summed E-state index contributed by atoms with van der Waals surface area (Å²) in [7, 11) is 1.55. The van der Waals surface area contributed by atoms with Gasteiger partial charge in [-0.1, -0.05) is 41.4 Å². The molecule has 0 aliphatic carbocycles. The number of hydrogen-bond acceptors (Lipinski definition) is 5. The predicted octanol–water partition coefficient (Wildman–Crippen LogP) is 6.21. The van der Waals surface area contributed by atoms with Crippen LogP contribution < -0.4 is 15.0 Å². The highest BCUT2D eigenvalue weighted by molar-refractivity contribution is 9.10. The highest BCUT2D eigenvalue weighted by Gasteiger charge is 2.19. The van der Waals surface area contributed by atoms with Gasteiger partial charge in [0.15, 0.2) is 11.5 Å². The van der Waals surface area contributed by atoms with Crippen molar-refractivity contribution in [1.29, 1.82) is 0 Å². The maximum Gasteiger partial charge on any atom is 0.282 e. The third kappa shape index (κ3) is 4.96. The van der Waals surface area contributed by atoms with Crippen LogP contribution in [0, 0.1) is 0 Å². The Balaban J connectivity index is 2.11. The molecule has 9 heteroatoms. The summed E-state index contributed by atoms with van der Waals surface area (Å²) in [5, 5.41) is 5.29. The average Bonchev–Trinajstić information content (AvgIpc) is 2.77. The molecule has 0 radical (unpaired) electrons. The van der Waals surface area contributed by atoms with Crippen molar-refractivity contribution in [3.8, 4) is 11.5 Å². The summed E-state index contributed by atoms with van der Waals surface area (Å²) in [6.45, 7) is 5.92. The first-order valence-corrected chi connectivity index (χ1v) is 11.7. The van der Waals surface area contributed by atoms with E-state index in [1.54, 1.807) is 25.5 Å². The largest absolute Gasteiger partial charge is 0.493 e. The second-order valence-corrected chi connectivity index (χ2v) is 8.95. The minimum absolute atomic E-state index is 0.0218. The van der Waals surface area contributed by atoms with Crippen LogP contribution in [0.25, 0.3) is 10.9 Å². The standard InChI is InChI=1S/C22H22Br2ClN3O3/c1-5-12(3)31-21-17(30-4)9-13(19(24)20(21)25)11-26-28-18(6-2)27-16-8-7-14(23)10-15(16)22(28)29/h7-12H,5-6H2,1-4H3/t12-/m1/s1. The Labute approximate surface area is 202 Å². The van der Waals surface area contributed by atoms with E-state index in [9.17, 15) is 4.79 Å². The smallest absolute Gasteiger partial charge is 0.282 e. The number of hydrogen-bond donors (Lipinski definition) is 0. The number of aryl methyl sites for hydroxylation is 1. The lowest BCUT2D eigenvalue weighted by Gasteiger charge is -2.18. The molecule has 164 valence electrons. The molecule has 1 heterocycles. The molecule has 0 aliphatic heterocycles. The molecule has 3 aromatic rings. The molecule has 1 atom stereocenters. The van der Waals surface area contributed by atoms with Gasteiger partial charge in [0.1, 0.15) is 10.8 Å². The van der Waals surface area contributed by atoms with Gasteiger partial charge >= 0.3 is 0 Å². The number of aromatic nitrogens is 2. The van der Waals surface area contributed by atoms with E-state index in [1.165, 1.54) is 4.68 Å². The van der Waals surface area contributed by atoms with Gasteiger partial charge < -0.3 is 9.47 Å². The number of methoxy groups -OCH3 is 1. The van der Waals surface area contributed by atoms with Gasteiger partial charge in [-0.15, -0.1) is 0 Å². The van der Waals surface area contributed by atoms with Crippen LogP contribution in [0.1, 0.15) is 38.6 Å². The van der Waals surface area contributed by atoms with Gasteiger partial charge in [0.25, 0.3) is 5.56 Å². The van der Waals surface area contributed by atoms with Crippen molar-refractivity contribution in [2.45, 2.75) is 39.7 Å². The van der Waals surface area contributed by atoms with Crippen molar-refractivity contribution >= 4 is 60.6 Å². The number of benzene rings is 2. The van der Waals surface area contributed by atoms with Crippen molar-refractivity contribution in [1.82, 2.24) is 9.66 Å². The fourth-order valence-corrected chi connectivity index (χ4v) is 3.91. The first kappa shape index (κ1) is 23.8. The Morgan fingerprint density at radius 3 is 2.68 bits per heavy atom. The molecule has 2 aromatic carbocycles. The van der Waals surface area contributed by atoms with Gasteiger partial charge in [0, 0.05) is 20.9 Å². The zero-order chi connectivity index (χ0) is 22.7. The van der Waals surface area contributed by atoms with Crippen molar-refractivity contribution in [3.63, 3.8) is 0 Å². The van der Waals surface area contributed by atoms with Crippen LogP contribution in [0.4, 0.5) is 0 Å². The Kier molecular flexibility index (Phi) is 7.78. The monoisotopic (exact) mass is 569 g/mol. The molecular formula is C22H22Br2ClN3O3.